The van der Waals surface area contributed by atoms with E-state index in [0.29, 0.717) is 16.5 Å². The number of nitrogens with zero attached hydrogens (tertiary/aromatic N) is 1. The van der Waals surface area contributed by atoms with E-state index in [1.54, 1.807) is 18.2 Å². The molecule has 0 aliphatic rings. The number of rotatable bonds is 2. The zero-order valence-electron chi connectivity index (χ0n) is 7.89. The SMILES string of the molecule is CC(=O)c1ccc2oc([N+](=O)[O-])cc2c1. The Morgan fingerprint density at radius 1 is 1.40 bits per heavy atom. The van der Waals surface area contributed by atoms with Crippen LogP contribution in [0, 0.1) is 10.1 Å². The Hall–Kier alpha value is -2.17. The highest BCUT2D eigenvalue weighted by atomic mass is 16.6. The van der Waals surface area contributed by atoms with Crippen molar-refractivity contribution in [3.05, 3.63) is 39.9 Å². The standard InChI is InChI=1S/C10H7NO4/c1-6(12)7-2-3-9-8(4-7)5-10(15-9)11(13)14/h2-5H,1H3. The number of hydrogen-bond acceptors (Lipinski definition) is 4. The monoisotopic (exact) mass is 205 g/mol. The summed E-state index contributed by atoms with van der Waals surface area (Å²) in [5.74, 6) is -0.397. The Labute approximate surface area is 84.5 Å². The number of nitro groups is 1. The number of carbonyl (C=O) groups excluding carboxylic acids is 1. The number of fused-ring (bicyclic) bond motifs is 1. The summed E-state index contributed by atoms with van der Waals surface area (Å²) in [7, 11) is 0. The summed E-state index contributed by atoms with van der Waals surface area (Å²) in [5, 5.41) is 11.0. The molecule has 0 aliphatic heterocycles. The lowest BCUT2D eigenvalue weighted by Gasteiger charge is -1.92. The van der Waals surface area contributed by atoms with Crippen LogP contribution >= 0.6 is 0 Å². The number of furan rings is 1. The van der Waals surface area contributed by atoms with E-state index in [0.717, 1.165) is 0 Å². The van der Waals surface area contributed by atoms with Gasteiger partial charge in [0.2, 0.25) is 0 Å². The van der Waals surface area contributed by atoms with E-state index in [2.05, 4.69) is 0 Å². The first-order chi connectivity index (χ1) is 7.08. The first kappa shape index (κ1) is 9.39. The molecule has 0 radical (unpaired) electrons. The first-order valence-corrected chi connectivity index (χ1v) is 4.27. The van der Waals surface area contributed by atoms with Crippen LogP contribution in [0.3, 0.4) is 0 Å². The van der Waals surface area contributed by atoms with E-state index in [1.807, 2.05) is 0 Å². The highest BCUT2D eigenvalue weighted by molar-refractivity contribution is 5.97. The molecule has 76 valence electrons. The highest BCUT2D eigenvalue weighted by Gasteiger charge is 2.13. The predicted octanol–water partition coefficient (Wildman–Crippen LogP) is 2.54. The maximum Gasteiger partial charge on any atom is 0.434 e. The molecule has 5 nitrogen and oxygen atoms in total. The van der Waals surface area contributed by atoms with Crippen molar-refractivity contribution in [1.82, 2.24) is 0 Å². The molecule has 0 spiro atoms. The third-order valence-corrected chi connectivity index (χ3v) is 2.09. The van der Waals surface area contributed by atoms with Crippen molar-refractivity contribution >= 4 is 22.6 Å². The molecule has 0 aliphatic carbocycles. The average molecular weight is 205 g/mol. The second kappa shape index (κ2) is 3.20. The van der Waals surface area contributed by atoms with Gasteiger partial charge in [-0.25, -0.2) is 0 Å². The molecular formula is C10H7NO4. The number of Topliss-reactive ketones (excluding diaryl/α,β-unsaturated/α-hetero) is 1. The third-order valence-electron chi connectivity index (χ3n) is 2.09. The number of ketones is 1. The lowest BCUT2D eigenvalue weighted by molar-refractivity contribution is -0.401. The van der Waals surface area contributed by atoms with Gasteiger partial charge in [0.05, 0.1) is 6.07 Å². The molecule has 0 amide bonds. The van der Waals surface area contributed by atoms with Crippen LogP contribution in [0.1, 0.15) is 17.3 Å². The molecule has 2 rings (SSSR count). The van der Waals surface area contributed by atoms with Crippen molar-refractivity contribution in [1.29, 1.82) is 0 Å². The molecule has 0 saturated heterocycles. The maximum absolute atomic E-state index is 11.1. The normalized spacial score (nSPS) is 10.5. The van der Waals surface area contributed by atoms with E-state index in [4.69, 9.17) is 4.42 Å². The minimum atomic E-state index is -0.604. The molecule has 1 heterocycles. The summed E-state index contributed by atoms with van der Waals surface area (Å²) in [6.45, 7) is 1.44. The van der Waals surface area contributed by atoms with E-state index in [9.17, 15) is 14.9 Å². The topological polar surface area (TPSA) is 73.3 Å². The van der Waals surface area contributed by atoms with Crippen molar-refractivity contribution in [2.24, 2.45) is 0 Å². The molecule has 1 aromatic heterocycles. The van der Waals surface area contributed by atoms with Crippen LogP contribution in [0.15, 0.2) is 28.7 Å². The van der Waals surface area contributed by atoms with Crippen LogP contribution in [0.2, 0.25) is 0 Å². The number of hydrogen-bond donors (Lipinski definition) is 0. The van der Waals surface area contributed by atoms with Gasteiger partial charge in [0.1, 0.15) is 10.5 Å². The number of carbonyl (C=O) groups is 1. The van der Waals surface area contributed by atoms with E-state index in [1.165, 1.54) is 13.0 Å². The van der Waals surface area contributed by atoms with E-state index in [-0.39, 0.29) is 11.7 Å². The van der Waals surface area contributed by atoms with Gasteiger partial charge in [0.25, 0.3) is 0 Å². The molecule has 2 aromatic rings. The van der Waals surface area contributed by atoms with Gasteiger partial charge in [-0.15, -0.1) is 0 Å². The van der Waals surface area contributed by atoms with Crippen LogP contribution < -0.4 is 0 Å². The summed E-state index contributed by atoms with van der Waals surface area (Å²) in [4.78, 5) is 20.9. The van der Waals surface area contributed by atoms with Gasteiger partial charge in [0.15, 0.2) is 5.78 Å². The van der Waals surface area contributed by atoms with E-state index >= 15 is 0 Å². The Morgan fingerprint density at radius 2 is 2.13 bits per heavy atom. The molecular weight excluding hydrogens is 198 g/mol. The molecule has 0 bridgehead atoms. The Kier molecular flexibility index (Phi) is 2.00. The molecule has 0 unspecified atom stereocenters. The molecule has 1 aromatic carbocycles. The minimum absolute atomic E-state index is 0.0826. The van der Waals surface area contributed by atoms with Crippen LogP contribution in [-0.4, -0.2) is 10.7 Å². The second-order valence-electron chi connectivity index (χ2n) is 3.15. The lowest BCUT2D eigenvalue weighted by atomic mass is 10.1. The predicted molar refractivity (Wildman–Crippen MR) is 52.9 cm³/mol. The van der Waals surface area contributed by atoms with Crippen molar-refractivity contribution in [3.63, 3.8) is 0 Å². The summed E-state index contributed by atoms with van der Waals surface area (Å²) in [5.41, 5.74) is 0.921. The average Bonchev–Trinajstić information content (AvgIpc) is 2.59. The smallest absolute Gasteiger partial charge is 0.401 e. The second-order valence-corrected chi connectivity index (χ2v) is 3.15. The fraction of sp³-hybridized carbons (Fsp3) is 0.100. The van der Waals surface area contributed by atoms with Gasteiger partial charge in [-0.05, 0) is 25.1 Å². The molecule has 0 atom stereocenters. The summed E-state index contributed by atoms with van der Waals surface area (Å²) < 4.78 is 4.95. The van der Waals surface area contributed by atoms with Gasteiger partial charge < -0.3 is 4.42 Å². The van der Waals surface area contributed by atoms with E-state index < -0.39 is 4.92 Å². The summed E-state index contributed by atoms with van der Waals surface area (Å²) >= 11 is 0. The Balaban J connectivity index is 2.62. The molecule has 5 heteroatoms. The zero-order valence-corrected chi connectivity index (χ0v) is 7.89. The van der Waals surface area contributed by atoms with Gasteiger partial charge >= 0.3 is 5.88 Å². The summed E-state index contributed by atoms with van der Waals surface area (Å²) in [6.07, 6.45) is 0. The first-order valence-electron chi connectivity index (χ1n) is 4.27. The minimum Gasteiger partial charge on any atom is -0.401 e. The number of benzene rings is 1. The lowest BCUT2D eigenvalue weighted by Crippen LogP contribution is -1.89. The van der Waals surface area contributed by atoms with Crippen LogP contribution in [-0.2, 0) is 0 Å². The van der Waals surface area contributed by atoms with Gasteiger partial charge in [-0.1, -0.05) is 0 Å². The van der Waals surface area contributed by atoms with Crippen LogP contribution in [0.25, 0.3) is 11.0 Å². The van der Waals surface area contributed by atoms with Crippen LogP contribution in [0.4, 0.5) is 5.88 Å². The fourth-order valence-corrected chi connectivity index (χ4v) is 1.34. The van der Waals surface area contributed by atoms with Crippen LogP contribution in [0.5, 0.6) is 0 Å². The molecule has 0 N–H and O–H groups in total. The fourth-order valence-electron chi connectivity index (χ4n) is 1.34. The largest absolute Gasteiger partial charge is 0.434 e. The van der Waals surface area contributed by atoms with Gasteiger partial charge in [-0.3, -0.25) is 14.9 Å². The molecule has 0 saturated carbocycles. The van der Waals surface area contributed by atoms with Gasteiger partial charge in [0, 0.05) is 10.9 Å². The van der Waals surface area contributed by atoms with Crippen molar-refractivity contribution in [3.8, 4) is 0 Å². The van der Waals surface area contributed by atoms with Crippen molar-refractivity contribution in [2.45, 2.75) is 6.92 Å². The Bertz CT molecular complexity index is 544. The van der Waals surface area contributed by atoms with Crippen molar-refractivity contribution < 1.29 is 14.1 Å². The molecule has 15 heavy (non-hydrogen) atoms. The zero-order chi connectivity index (χ0) is 11.0. The highest BCUT2D eigenvalue weighted by Crippen LogP contribution is 2.25. The summed E-state index contributed by atoms with van der Waals surface area (Å²) in [6, 6.07) is 6.02. The van der Waals surface area contributed by atoms with Gasteiger partial charge in [-0.2, -0.15) is 0 Å². The molecule has 0 fully saturated rings. The third kappa shape index (κ3) is 1.59. The van der Waals surface area contributed by atoms with Crippen molar-refractivity contribution in [2.75, 3.05) is 0 Å². The quantitative estimate of drug-likeness (QED) is 0.429. The Morgan fingerprint density at radius 3 is 2.73 bits per heavy atom. The maximum atomic E-state index is 11.1.